The van der Waals surface area contributed by atoms with Crippen molar-refractivity contribution in [3.05, 3.63) is 23.5 Å². The molecule has 2 heterocycles. The third-order valence-electron chi connectivity index (χ3n) is 5.24. The Balaban J connectivity index is 1.72. The minimum absolute atomic E-state index is 0.0138. The minimum atomic E-state index is -0.617. The molecule has 0 aliphatic carbocycles. The van der Waals surface area contributed by atoms with E-state index >= 15 is 0 Å². The maximum absolute atomic E-state index is 14.1. The average Bonchev–Trinajstić information content (AvgIpc) is 2.48. The number of carbonyl (C=O) groups is 1. The summed E-state index contributed by atoms with van der Waals surface area (Å²) in [5.74, 6) is -0.695. The fraction of sp³-hybridized carbons (Fsp3) is 0.588. The van der Waals surface area contributed by atoms with Crippen LogP contribution >= 0.6 is 0 Å². The summed E-state index contributed by atoms with van der Waals surface area (Å²) in [5.41, 5.74) is 5.84. The summed E-state index contributed by atoms with van der Waals surface area (Å²) in [6.45, 7) is 0. The molecule has 5 nitrogen and oxygen atoms in total. The van der Waals surface area contributed by atoms with Gasteiger partial charge in [0.2, 0.25) is 0 Å². The molecule has 2 fully saturated rings. The van der Waals surface area contributed by atoms with Gasteiger partial charge >= 0.3 is 0 Å². The van der Waals surface area contributed by atoms with Crippen molar-refractivity contribution >= 4 is 11.6 Å². The van der Waals surface area contributed by atoms with E-state index in [9.17, 15) is 9.18 Å². The van der Waals surface area contributed by atoms with Gasteiger partial charge in [-0.2, -0.15) is 0 Å². The molecule has 1 amide bonds. The van der Waals surface area contributed by atoms with E-state index in [-0.39, 0.29) is 17.3 Å². The van der Waals surface area contributed by atoms with Gasteiger partial charge < -0.3 is 20.7 Å². The topological polar surface area (TPSA) is 67.6 Å². The summed E-state index contributed by atoms with van der Waals surface area (Å²) in [5, 5.41) is 2.99. The number of piperidine rings is 2. The van der Waals surface area contributed by atoms with Gasteiger partial charge in [0.25, 0.3) is 5.91 Å². The van der Waals surface area contributed by atoms with Gasteiger partial charge in [0.1, 0.15) is 11.6 Å². The van der Waals surface area contributed by atoms with Crippen LogP contribution in [0, 0.1) is 5.82 Å². The summed E-state index contributed by atoms with van der Waals surface area (Å²) < 4.78 is 19.1. The van der Waals surface area contributed by atoms with Crippen molar-refractivity contribution in [3.63, 3.8) is 0 Å². The number of fused-ring (bicyclic) bond motifs is 2. The van der Waals surface area contributed by atoms with E-state index < -0.39 is 11.7 Å². The van der Waals surface area contributed by atoms with Crippen LogP contribution in [0.1, 0.15) is 42.5 Å². The monoisotopic (exact) mass is 321 g/mol. The molecule has 3 atom stereocenters. The standard InChI is InChI=1S/C17H24FN3O2/c1-21-11-4-3-5-12(21)7-10(6-11)20-17(22)13-8-16(23-2)15(19)9-14(13)18/h8-12H,3-7,19H2,1-2H3,(H,20,22)/t10?,11-,12+. The molecule has 0 spiro atoms. The molecule has 3 rings (SSSR count). The number of ether oxygens (including phenoxy) is 1. The van der Waals surface area contributed by atoms with E-state index in [0.29, 0.717) is 17.8 Å². The number of rotatable bonds is 3. The van der Waals surface area contributed by atoms with Crippen LogP contribution in [0.3, 0.4) is 0 Å². The van der Waals surface area contributed by atoms with Gasteiger partial charge in [-0.1, -0.05) is 6.42 Å². The SMILES string of the molecule is COc1cc(C(=O)NC2C[C@H]3CCC[C@@H](C2)N3C)c(F)cc1N. The Hall–Kier alpha value is -1.82. The van der Waals surface area contributed by atoms with Gasteiger partial charge in [-0.25, -0.2) is 4.39 Å². The largest absolute Gasteiger partial charge is 0.495 e. The molecule has 1 unspecified atom stereocenters. The van der Waals surface area contributed by atoms with Gasteiger partial charge in [0.15, 0.2) is 0 Å². The second-order valence-electron chi connectivity index (χ2n) is 6.62. The number of hydrogen-bond donors (Lipinski definition) is 2. The molecule has 1 aromatic rings. The quantitative estimate of drug-likeness (QED) is 0.837. The lowest BCUT2D eigenvalue weighted by atomic mass is 9.82. The van der Waals surface area contributed by atoms with Crippen molar-refractivity contribution < 1.29 is 13.9 Å². The third kappa shape index (κ3) is 3.13. The lowest BCUT2D eigenvalue weighted by molar-refractivity contribution is 0.0462. The van der Waals surface area contributed by atoms with Crippen molar-refractivity contribution in [2.24, 2.45) is 0 Å². The zero-order valence-electron chi connectivity index (χ0n) is 13.6. The highest BCUT2D eigenvalue weighted by Crippen LogP contribution is 2.33. The Labute approximate surface area is 136 Å². The molecule has 2 saturated heterocycles. The molecule has 6 heteroatoms. The van der Waals surface area contributed by atoms with Crippen LogP contribution in [0.2, 0.25) is 0 Å². The van der Waals surface area contributed by atoms with Crippen molar-refractivity contribution in [2.45, 2.75) is 50.2 Å². The molecule has 0 radical (unpaired) electrons. The number of hydrogen-bond acceptors (Lipinski definition) is 4. The van der Waals surface area contributed by atoms with E-state index in [1.807, 2.05) is 0 Å². The zero-order valence-corrected chi connectivity index (χ0v) is 13.6. The van der Waals surface area contributed by atoms with E-state index in [4.69, 9.17) is 10.5 Å². The summed E-state index contributed by atoms with van der Waals surface area (Å²) in [6, 6.07) is 3.63. The number of methoxy groups -OCH3 is 1. The van der Waals surface area contributed by atoms with Crippen LogP contribution < -0.4 is 15.8 Å². The Bertz CT molecular complexity index is 594. The van der Waals surface area contributed by atoms with Gasteiger partial charge in [0.05, 0.1) is 18.4 Å². The Morgan fingerprint density at radius 3 is 2.61 bits per heavy atom. The highest BCUT2D eigenvalue weighted by atomic mass is 19.1. The molecule has 2 aliphatic rings. The predicted octanol–water partition coefficient (Wildman–Crippen LogP) is 2.16. The Morgan fingerprint density at radius 1 is 1.35 bits per heavy atom. The zero-order chi connectivity index (χ0) is 16.6. The molecule has 3 N–H and O–H groups in total. The maximum atomic E-state index is 14.1. The van der Waals surface area contributed by atoms with Gasteiger partial charge in [0, 0.05) is 24.2 Å². The van der Waals surface area contributed by atoms with Crippen molar-refractivity contribution in [2.75, 3.05) is 19.9 Å². The highest BCUT2D eigenvalue weighted by Gasteiger charge is 2.36. The average molecular weight is 321 g/mol. The van der Waals surface area contributed by atoms with Crippen LogP contribution in [-0.2, 0) is 0 Å². The number of anilines is 1. The van der Waals surface area contributed by atoms with Crippen LogP contribution in [0.15, 0.2) is 12.1 Å². The molecular formula is C17H24FN3O2. The Morgan fingerprint density at radius 2 is 2.00 bits per heavy atom. The van der Waals surface area contributed by atoms with Crippen molar-refractivity contribution in [1.29, 1.82) is 0 Å². The maximum Gasteiger partial charge on any atom is 0.254 e. The van der Waals surface area contributed by atoms with E-state index in [1.165, 1.54) is 32.4 Å². The lowest BCUT2D eigenvalue weighted by Gasteiger charge is -2.47. The van der Waals surface area contributed by atoms with E-state index in [0.717, 1.165) is 18.9 Å². The predicted molar refractivity (Wildman–Crippen MR) is 87.0 cm³/mol. The second-order valence-corrected chi connectivity index (χ2v) is 6.62. The van der Waals surface area contributed by atoms with Crippen LogP contribution in [-0.4, -0.2) is 43.1 Å². The summed E-state index contributed by atoms with van der Waals surface area (Å²) in [6.07, 6.45) is 5.44. The second kappa shape index (κ2) is 6.35. The number of benzene rings is 1. The minimum Gasteiger partial charge on any atom is -0.495 e. The van der Waals surface area contributed by atoms with Crippen molar-refractivity contribution in [3.8, 4) is 5.75 Å². The molecule has 23 heavy (non-hydrogen) atoms. The fourth-order valence-electron chi connectivity index (χ4n) is 3.92. The summed E-state index contributed by atoms with van der Waals surface area (Å²) in [4.78, 5) is 14.9. The van der Waals surface area contributed by atoms with E-state index in [2.05, 4.69) is 17.3 Å². The lowest BCUT2D eigenvalue weighted by Crippen LogP contribution is -2.55. The molecule has 1 aromatic carbocycles. The number of nitrogens with one attached hydrogen (secondary N) is 1. The third-order valence-corrected chi connectivity index (χ3v) is 5.24. The summed E-state index contributed by atoms with van der Waals surface area (Å²) in [7, 11) is 3.61. The number of nitrogen functional groups attached to an aromatic ring is 1. The first-order valence-corrected chi connectivity index (χ1v) is 8.15. The van der Waals surface area contributed by atoms with Gasteiger partial charge in [-0.05, 0) is 38.8 Å². The molecule has 0 saturated carbocycles. The number of amides is 1. The first-order valence-electron chi connectivity index (χ1n) is 8.15. The van der Waals surface area contributed by atoms with Crippen LogP contribution in [0.4, 0.5) is 10.1 Å². The van der Waals surface area contributed by atoms with Gasteiger partial charge in [-0.3, -0.25) is 4.79 Å². The van der Waals surface area contributed by atoms with Crippen LogP contribution in [0.5, 0.6) is 5.75 Å². The number of nitrogens with two attached hydrogens (primary N) is 1. The normalized spacial score (nSPS) is 27.5. The number of nitrogens with zero attached hydrogens (tertiary/aromatic N) is 1. The molecule has 2 aliphatic heterocycles. The number of carbonyl (C=O) groups excluding carboxylic acids is 1. The highest BCUT2D eigenvalue weighted by molar-refractivity contribution is 5.95. The first-order chi connectivity index (χ1) is 11.0. The molecular weight excluding hydrogens is 297 g/mol. The molecule has 0 aromatic heterocycles. The summed E-state index contributed by atoms with van der Waals surface area (Å²) >= 11 is 0. The Kier molecular flexibility index (Phi) is 4.43. The van der Waals surface area contributed by atoms with Crippen molar-refractivity contribution in [1.82, 2.24) is 10.2 Å². The first kappa shape index (κ1) is 16.1. The number of halogens is 1. The fourth-order valence-corrected chi connectivity index (χ4v) is 3.92. The molecule has 126 valence electrons. The van der Waals surface area contributed by atoms with Gasteiger partial charge in [-0.15, -0.1) is 0 Å². The van der Waals surface area contributed by atoms with Crippen LogP contribution in [0.25, 0.3) is 0 Å². The smallest absolute Gasteiger partial charge is 0.254 e. The molecule has 2 bridgehead atoms. The van der Waals surface area contributed by atoms with E-state index in [1.54, 1.807) is 0 Å².